The van der Waals surface area contributed by atoms with Crippen molar-refractivity contribution in [3.05, 3.63) is 35.9 Å². The van der Waals surface area contributed by atoms with Gasteiger partial charge in [0.05, 0.1) is 19.3 Å². The Balaban J connectivity index is 1.59. The van der Waals surface area contributed by atoms with E-state index >= 15 is 0 Å². The predicted molar refractivity (Wildman–Crippen MR) is 86.5 cm³/mol. The van der Waals surface area contributed by atoms with Crippen LogP contribution in [0.5, 0.6) is 0 Å². The largest absolute Gasteiger partial charge is 0.391 e. The monoisotopic (exact) mass is 292 g/mol. The van der Waals surface area contributed by atoms with Crippen molar-refractivity contribution in [1.82, 2.24) is 0 Å². The van der Waals surface area contributed by atoms with E-state index in [0.29, 0.717) is 13.2 Å². The molecule has 2 rings (SSSR count). The molecule has 20 heavy (non-hydrogen) atoms. The summed E-state index contributed by atoms with van der Waals surface area (Å²) >= 11 is 0. The first-order chi connectivity index (χ1) is 9.44. The van der Waals surface area contributed by atoms with Gasteiger partial charge in [0.2, 0.25) is 0 Å². The van der Waals surface area contributed by atoms with Crippen LogP contribution in [0, 0.1) is 11.8 Å². The first kappa shape index (κ1) is 15.7. The van der Waals surface area contributed by atoms with Crippen molar-refractivity contribution in [3.63, 3.8) is 0 Å². The van der Waals surface area contributed by atoms with E-state index < -0.39 is 8.07 Å². The zero-order valence-corrected chi connectivity index (χ0v) is 14.0. The van der Waals surface area contributed by atoms with E-state index in [2.05, 4.69) is 31.8 Å². The highest BCUT2D eigenvalue weighted by atomic mass is 28.3. The summed E-state index contributed by atoms with van der Waals surface area (Å²) in [5.41, 5.74) is 1.17. The molecule has 1 fully saturated rings. The van der Waals surface area contributed by atoms with Crippen LogP contribution < -0.4 is 0 Å². The molecule has 0 bridgehead atoms. The van der Waals surface area contributed by atoms with E-state index in [-0.39, 0.29) is 6.10 Å². The smallest absolute Gasteiger partial charge is 0.0776 e. The van der Waals surface area contributed by atoms with Gasteiger partial charge in [0.15, 0.2) is 0 Å². The lowest BCUT2D eigenvalue weighted by atomic mass is 10.1. The Morgan fingerprint density at radius 3 is 2.55 bits per heavy atom. The summed E-state index contributed by atoms with van der Waals surface area (Å²) < 4.78 is 5.60. The van der Waals surface area contributed by atoms with Crippen LogP contribution in [0.4, 0.5) is 0 Å². The van der Waals surface area contributed by atoms with Crippen LogP contribution in [0.1, 0.15) is 18.4 Å². The van der Waals surface area contributed by atoms with Gasteiger partial charge < -0.3 is 9.84 Å². The number of ether oxygens (including phenoxy) is 1. The van der Waals surface area contributed by atoms with E-state index in [0.717, 1.165) is 18.3 Å². The Kier molecular flexibility index (Phi) is 5.41. The molecule has 0 amide bonds. The molecule has 1 aromatic rings. The summed E-state index contributed by atoms with van der Waals surface area (Å²) in [7, 11) is -0.933. The fourth-order valence-electron chi connectivity index (χ4n) is 2.94. The highest BCUT2D eigenvalue weighted by Gasteiger charge is 2.40. The summed E-state index contributed by atoms with van der Waals surface area (Å²) in [6.45, 7) is 8.36. The highest BCUT2D eigenvalue weighted by molar-refractivity contribution is 6.76. The Hall–Kier alpha value is -0.643. The lowest BCUT2D eigenvalue weighted by Gasteiger charge is -2.16. The topological polar surface area (TPSA) is 29.5 Å². The van der Waals surface area contributed by atoms with Gasteiger partial charge in [0, 0.05) is 8.07 Å². The van der Waals surface area contributed by atoms with E-state index in [1.54, 1.807) is 0 Å². The summed E-state index contributed by atoms with van der Waals surface area (Å²) in [6, 6.07) is 11.6. The third-order valence-electron chi connectivity index (χ3n) is 3.94. The molecule has 1 N–H and O–H groups in total. The van der Waals surface area contributed by atoms with Crippen molar-refractivity contribution in [2.75, 3.05) is 6.61 Å². The number of hydrogen-bond donors (Lipinski definition) is 1. The van der Waals surface area contributed by atoms with Gasteiger partial charge in [0.1, 0.15) is 0 Å². The van der Waals surface area contributed by atoms with Crippen molar-refractivity contribution in [2.45, 2.75) is 51.2 Å². The van der Waals surface area contributed by atoms with Gasteiger partial charge in [-0.25, -0.2) is 0 Å². The summed E-state index contributed by atoms with van der Waals surface area (Å²) in [4.78, 5) is 0. The summed E-state index contributed by atoms with van der Waals surface area (Å²) in [6.07, 6.45) is 1.94. The average Bonchev–Trinajstić information content (AvgIpc) is 3.05. The van der Waals surface area contributed by atoms with Gasteiger partial charge in [-0.3, -0.25) is 0 Å². The van der Waals surface area contributed by atoms with E-state index in [1.165, 1.54) is 18.0 Å². The minimum Gasteiger partial charge on any atom is -0.391 e. The fraction of sp³-hybridized carbons (Fsp3) is 0.647. The molecule has 1 aliphatic rings. The van der Waals surface area contributed by atoms with E-state index in [1.807, 2.05) is 18.2 Å². The second-order valence-corrected chi connectivity index (χ2v) is 12.9. The molecule has 0 radical (unpaired) electrons. The minimum atomic E-state index is -0.933. The molecule has 3 atom stereocenters. The molecule has 112 valence electrons. The summed E-state index contributed by atoms with van der Waals surface area (Å²) in [5, 5.41) is 10.0. The third-order valence-corrected chi connectivity index (χ3v) is 5.69. The molecule has 2 nitrogen and oxygen atoms in total. The predicted octanol–water partition coefficient (Wildman–Crippen LogP) is 3.93. The number of benzene rings is 1. The van der Waals surface area contributed by atoms with Crippen LogP contribution >= 0.6 is 0 Å². The molecule has 0 spiro atoms. The Morgan fingerprint density at radius 1 is 1.20 bits per heavy atom. The Labute approximate surface area is 124 Å². The molecule has 1 saturated carbocycles. The van der Waals surface area contributed by atoms with Crippen LogP contribution in [-0.4, -0.2) is 25.9 Å². The van der Waals surface area contributed by atoms with Crippen LogP contribution in [0.2, 0.25) is 25.7 Å². The molecule has 0 aliphatic heterocycles. The minimum absolute atomic E-state index is 0.296. The first-order valence-corrected chi connectivity index (χ1v) is 11.4. The van der Waals surface area contributed by atoms with E-state index in [9.17, 15) is 5.11 Å². The van der Waals surface area contributed by atoms with Crippen LogP contribution in [0.25, 0.3) is 0 Å². The maximum Gasteiger partial charge on any atom is 0.0776 e. The van der Waals surface area contributed by atoms with Crippen LogP contribution in [-0.2, 0) is 11.3 Å². The lowest BCUT2D eigenvalue weighted by molar-refractivity contribution is 0.0213. The van der Waals surface area contributed by atoms with Crippen molar-refractivity contribution in [2.24, 2.45) is 11.8 Å². The van der Waals surface area contributed by atoms with Gasteiger partial charge in [-0.15, -0.1) is 0 Å². The van der Waals surface area contributed by atoms with Gasteiger partial charge in [-0.2, -0.15) is 0 Å². The van der Waals surface area contributed by atoms with Crippen molar-refractivity contribution < 1.29 is 9.84 Å². The van der Waals surface area contributed by atoms with Gasteiger partial charge in [0.25, 0.3) is 0 Å². The van der Waals surface area contributed by atoms with Gasteiger partial charge >= 0.3 is 0 Å². The molecular formula is C17H28O2Si. The zero-order valence-electron chi connectivity index (χ0n) is 13.0. The molecule has 1 aliphatic carbocycles. The molecule has 0 heterocycles. The average molecular weight is 292 g/mol. The van der Waals surface area contributed by atoms with E-state index in [4.69, 9.17) is 4.74 Å². The van der Waals surface area contributed by atoms with Gasteiger partial charge in [-0.1, -0.05) is 56.0 Å². The third kappa shape index (κ3) is 5.78. The second-order valence-electron chi connectivity index (χ2n) is 7.41. The SMILES string of the molecule is C[Si](C)(C)C[C@H]1C[C@H]1C[C@@H](O)COCc1ccccc1. The van der Waals surface area contributed by atoms with Crippen molar-refractivity contribution >= 4 is 8.07 Å². The van der Waals surface area contributed by atoms with Crippen molar-refractivity contribution in [1.29, 1.82) is 0 Å². The van der Waals surface area contributed by atoms with Crippen LogP contribution in [0.15, 0.2) is 30.3 Å². The fourth-order valence-corrected chi connectivity index (χ4v) is 5.01. The molecule has 0 unspecified atom stereocenters. The standard InChI is InChI=1S/C17H28O2Si/c1-20(2,3)13-16-9-15(16)10-17(18)12-19-11-14-7-5-4-6-8-14/h4-8,15-18H,9-13H2,1-3H3/t15-,16+,17+/m0/s1. The Bertz CT molecular complexity index is 399. The highest BCUT2D eigenvalue weighted by Crippen LogP contribution is 2.47. The maximum absolute atomic E-state index is 10.0. The lowest BCUT2D eigenvalue weighted by Crippen LogP contribution is -2.21. The molecule has 0 saturated heterocycles. The quantitative estimate of drug-likeness (QED) is 0.736. The number of aliphatic hydroxyl groups excluding tert-OH is 1. The molecule has 1 aromatic carbocycles. The normalized spacial score (nSPS) is 23.6. The molecular weight excluding hydrogens is 264 g/mol. The number of hydrogen-bond acceptors (Lipinski definition) is 2. The van der Waals surface area contributed by atoms with Gasteiger partial charge in [-0.05, 0) is 30.2 Å². The zero-order chi connectivity index (χ0) is 14.6. The summed E-state index contributed by atoms with van der Waals surface area (Å²) in [5.74, 6) is 1.63. The Morgan fingerprint density at radius 2 is 1.90 bits per heavy atom. The second kappa shape index (κ2) is 6.88. The van der Waals surface area contributed by atoms with Crippen molar-refractivity contribution in [3.8, 4) is 0 Å². The molecule has 0 aromatic heterocycles. The molecule has 3 heteroatoms. The maximum atomic E-state index is 10.0. The first-order valence-electron chi connectivity index (χ1n) is 7.74. The number of aliphatic hydroxyl groups is 1. The number of rotatable bonds is 8. The van der Waals surface area contributed by atoms with Crippen LogP contribution in [0.3, 0.4) is 0 Å².